The van der Waals surface area contributed by atoms with Crippen molar-refractivity contribution < 1.29 is 17.9 Å². The molecule has 2 heterocycles. The molecule has 11 heteroatoms. The van der Waals surface area contributed by atoms with Crippen molar-refractivity contribution in [2.45, 2.75) is 19.0 Å². The molecule has 3 aromatic rings. The zero-order chi connectivity index (χ0) is 22.8. The molecular formula is C20H19N5O4S2. The van der Waals surface area contributed by atoms with E-state index in [-0.39, 0.29) is 15.9 Å². The van der Waals surface area contributed by atoms with Gasteiger partial charge in [0.2, 0.25) is 15.0 Å². The summed E-state index contributed by atoms with van der Waals surface area (Å²) < 4.78 is 34.1. The molecule has 0 bridgehead atoms. The van der Waals surface area contributed by atoms with Crippen LogP contribution >= 0.6 is 11.5 Å². The van der Waals surface area contributed by atoms with E-state index in [0.29, 0.717) is 11.3 Å². The SMILES string of the molecule is COc1ccccc1-n1c(C)cc(/C=C(/C#N)C(=O)Nc2nc(S(C)(=O)=O)ns2)c1C. The predicted octanol–water partition coefficient (Wildman–Crippen LogP) is 2.90. The van der Waals surface area contributed by atoms with Crippen molar-refractivity contribution in [1.29, 1.82) is 5.26 Å². The Morgan fingerprint density at radius 1 is 1.32 bits per heavy atom. The number of sulfone groups is 1. The molecule has 3 rings (SSSR count). The summed E-state index contributed by atoms with van der Waals surface area (Å²) in [4.78, 5) is 16.3. The summed E-state index contributed by atoms with van der Waals surface area (Å²) in [5.41, 5.74) is 3.08. The molecule has 0 spiro atoms. The molecule has 1 aromatic carbocycles. The molecule has 31 heavy (non-hydrogen) atoms. The van der Waals surface area contributed by atoms with E-state index in [0.717, 1.165) is 34.9 Å². The van der Waals surface area contributed by atoms with Crippen molar-refractivity contribution in [3.63, 3.8) is 0 Å². The number of hydrogen-bond acceptors (Lipinski definition) is 8. The fourth-order valence-electron chi connectivity index (χ4n) is 3.00. The molecule has 0 unspecified atom stereocenters. The highest BCUT2D eigenvalue weighted by Crippen LogP contribution is 2.29. The highest BCUT2D eigenvalue weighted by Gasteiger charge is 2.19. The van der Waals surface area contributed by atoms with Gasteiger partial charge in [-0.2, -0.15) is 14.6 Å². The molecule has 0 aliphatic rings. The average molecular weight is 458 g/mol. The van der Waals surface area contributed by atoms with E-state index in [2.05, 4.69) is 14.7 Å². The molecule has 1 N–H and O–H groups in total. The van der Waals surface area contributed by atoms with Gasteiger partial charge in [-0.25, -0.2) is 8.42 Å². The van der Waals surface area contributed by atoms with Crippen LogP contribution in [-0.4, -0.2) is 41.6 Å². The number of methoxy groups -OCH3 is 1. The molecule has 0 fully saturated rings. The lowest BCUT2D eigenvalue weighted by Crippen LogP contribution is -2.13. The highest BCUT2D eigenvalue weighted by atomic mass is 32.2. The molecule has 0 aliphatic carbocycles. The highest BCUT2D eigenvalue weighted by molar-refractivity contribution is 7.90. The van der Waals surface area contributed by atoms with Crippen molar-refractivity contribution in [1.82, 2.24) is 13.9 Å². The van der Waals surface area contributed by atoms with Gasteiger partial charge in [-0.1, -0.05) is 12.1 Å². The summed E-state index contributed by atoms with van der Waals surface area (Å²) in [6.45, 7) is 3.79. The van der Waals surface area contributed by atoms with Gasteiger partial charge in [0.1, 0.15) is 17.4 Å². The average Bonchev–Trinajstić information content (AvgIpc) is 3.30. The van der Waals surface area contributed by atoms with Gasteiger partial charge >= 0.3 is 0 Å². The van der Waals surface area contributed by atoms with Crippen LogP contribution < -0.4 is 10.1 Å². The molecule has 1 amide bonds. The number of para-hydroxylation sites is 2. The molecule has 160 valence electrons. The third kappa shape index (κ3) is 4.65. The molecule has 0 saturated heterocycles. The number of rotatable bonds is 6. The van der Waals surface area contributed by atoms with Crippen LogP contribution in [0.5, 0.6) is 5.75 Å². The number of nitriles is 1. The Labute approximate surface area is 183 Å². The van der Waals surface area contributed by atoms with Gasteiger partial charge in [-0.15, -0.1) is 0 Å². The summed E-state index contributed by atoms with van der Waals surface area (Å²) in [6, 6.07) is 11.3. The van der Waals surface area contributed by atoms with Crippen LogP contribution in [0.2, 0.25) is 0 Å². The van der Waals surface area contributed by atoms with E-state index < -0.39 is 15.7 Å². The molecular weight excluding hydrogens is 438 g/mol. The lowest BCUT2D eigenvalue weighted by Gasteiger charge is -2.13. The summed E-state index contributed by atoms with van der Waals surface area (Å²) in [7, 11) is -2.00. The Kier molecular flexibility index (Phi) is 6.24. The maximum atomic E-state index is 12.5. The number of aromatic nitrogens is 3. The summed E-state index contributed by atoms with van der Waals surface area (Å²) in [6.07, 6.45) is 2.45. The van der Waals surface area contributed by atoms with E-state index in [1.807, 2.05) is 54.8 Å². The second-order valence-electron chi connectivity index (χ2n) is 6.61. The largest absolute Gasteiger partial charge is 0.495 e. The van der Waals surface area contributed by atoms with E-state index in [1.54, 1.807) is 7.11 Å². The summed E-state index contributed by atoms with van der Waals surface area (Å²) in [5.74, 6) is -0.0168. The first-order valence-electron chi connectivity index (χ1n) is 8.95. The van der Waals surface area contributed by atoms with Gasteiger partial charge < -0.3 is 9.30 Å². The van der Waals surface area contributed by atoms with Crippen LogP contribution in [-0.2, 0) is 14.6 Å². The Hall–Kier alpha value is -3.49. The Balaban J connectivity index is 1.94. The second kappa shape index (κ2) is 8.71. The van der Waals surface area contributed by atoms with E-state index >= 15 is 0 Å². The standard InChI is InChI=1S/C20H19N5O4S2/c1-12-9-14(13(2)25(12)16-7-5-6-8-17(16)29-3)10-15(11-21)18(26)22-19-23-20(24-30-19)31(4,27)28/h5-10H,1-4H3,(H,22,23,24,26)/b15-10-. The molecule has 2 aromatic heterocycles. The first-order chi connectivity index (χ1) is 14.7. The predicted molar refractivity (Wildman–Crippen MR) is 117 cm³/mol. The number of carbonyl (C=O) groups is 1. The Bertz CT molecular complexity index is 1330. The molecule has 0 atom stereocenters. The van der Waals surface area contributed by atoms with Gasteiger partial charge in [-0.05, 0) is 43.7 Å². The number of nitrogens with one attached hydrogen (secondary N) is 1. The van der Waals surface area contributed by atoms with Crippen LogP contribution in [0.1, 0.15) is 17.0 Å². The van der Waals surface area contributed by atoms with Crippen molar-refractivity contribution in [3.8, 4) is 17.5 Å². The van der Waals surface area contributed by atoms with Gasteiger partial charge in [-0.3, -0.25) is 10.1 Å². The number of hydrogen-bond donors (Lipinski definition) is 1. The Morgan fingerprint density at radius 3 is 2.65 bits per heavy atom. The van der Waals surface area contributed by atoms with E-state index in [1.165, 1.54) is 6.08 Å². The topological polar surface area (TPSA) is 127 Å². The fraction of sp³-hybridized carbons (Fsp3) is 0.200. The number of carbonyl (C=O) groups excluding carboxylic acids is 1. The minimum atomic E-state index is -3.59. The van der Waals surface area contributed by atoms with E-state index in [4.69, 9.17) is 4.74 Å². The normalized spacial score (nSPS) is 11.8. The second-order valence-corrected chi connectivity index (χ2v) is 9.27. The molecule has 9 nitrogen and oxygen atoms in total. The van der Waals surface area contributed by atoms with Crippen LogP contribution in [0, 0.1) is 25.2 Å². The van der Waals surface area contributed by atoms with Crippen molar-refractivity contribution >= 4 is 38.5 Å². The van der Waals surface area contributed by atoms with E-state index in [9.17, 15) is 18.5 Å². The van der Waals surface area contributed by atoms with Gasteiger partial charge in [0.25, 0.3) is 11.1 Å². The number of anilines is 1. The minimum Gasteiger partial charge on any atom is -0.495 e. The quantitative estimate of drug-likeness (QED) is 0.445. The third-order valence-electron chi connectivity index (χ3n) is 4.42. The summed E-state index contributed by atoms with van der Waals surface area (Å²) >= 11 is 0.723. The van der Waals surface area contributed by atoms with Gasteiger partial charge in [0, 0.05) is 29.2 Å². The van der Waals surface area contributed by atoms with Crippen molar-refractivity contribution in [2.24, 2.45) is 0 Å². The first-order valence-corrected chi connectivity index (χ1v) is 11.6. The molecule has 0 aliphatic heterocycles. The smallest absolute Gasteiger partial charge is 0.268 e. The van der Waals surface area contributed by atoms with Gasteiger partial charge in [0.05, 0.1) is 12.8 Å². The minimum absolute atomic E-state index is 0.00827. The number of nitrogens with zero attached hydrogens (tertiary/aromatic N) is 4. The lowest BCUT2D eigenvalue weighted by atomic mass is 10.1. The zero-order valence-electron chi connectivity index (χ0n) is 17.2. The number of aryl methyl sites for hydroxylation is 1. The number of amides is 1. The van der Waals surface area contributed by atoms with Crippen LogP contribution in [0.25, 0.3) is 11.8 Å². The third-order valence-corrected chi connectivity index (χ3v) is 6.01. The van der Waals surface area contributed by atoms with Crippen LogP contribution in [0.3, 0.4) is 0 Å². The molecule has 0 saturated carbocycles. The van der Waals surface area contributed by atoms with Crippen molar-refractivity contribution in [2.75, 3.05) is 18.7 Å². The maximum Gasteiger partial charge on any atom is 0.268 e. The monoisotopic (exact) mass is 457 g/mol. The number of benzene rings is 1. The maximum absolute atomic E-state index is 12.5. The number of ether oxygens (including phenoxy) is 1. The first kappa shape index (κ1) is 22.2. The van der Waals surface area contributed by atoms with Crippen LogP contribution in [0.15, 0.2) is 41.1 Å². The Morgan fingerprint density at radius 2 is 2.03 bits per heavy atom. The van der Waals surface area contributed by atoms with Gasteiger partial charge in [0.15, 0.2) is 0 Å². The fourth-order valence-corrected chi connectivity index (χ4v) is 4.44. The zero-order valence-corrected chi connectivity index (χ0v) is 18.8. The van der Waals surface area contributed by atoms with Crippen molar-refractivity contribution in [3.05, 3.63) is 52.9 Å². The lowest BCUT2D eigenvalue weighted by molar-refractivity contribution is -0.112. The summed E-state index contributed by atoms with van der Waals surface area (Å²) in [5, 5.41) is 11.5. The molecule has 0 radical (unpaired) electrons. The van der Waals surface area contributed by atoms with Crippen LogP contribution in [0.4, 0.5) is 5.13 Å².